The number of fused-ring (bicyclic) bond motifs is 2. The largest absolute Gasteiger partial charge is 0.464 e. The molecule has 0 atom stereocenters. The van der Waals surface area contributed by atoms with E-state index in [0.29, 0.717) is 17.9 Å². The minimum Gasteiger partial charge on any atom is -0.464 e. The second kappa shape index (κ2) is 7.75. The number of esters is 2. The van der Waals surface area contributed by atoms with E-state index in [0.717, 1.165) is 12.8 Å². The fourth-order valence-corrected chi connectivity index (χ4v) is 2.80. The van der Waals surface area contributed by atoms with Gasteiger partial charge in [-0.1, -0.05) is 20.8 Å². The molecule has 2 aliphatic rings. The normalized spacial score (nSPS) is 16.8. The molecule has 1 aliphatic carbocycles. The Morgan fingerprint density at radius 3 is 2.33 bits per heavy atom. The second-order valence-electron chi connectivity index (χ2n) is 6.06. The van der Waals surface area contributed by atoms with Gasteiger partial charge in [-0.3, -0.25) is 0 Å². The van der Waals surface area contributed by atoms with Crippen LogP contribution in [0.3, 0.4) is 0 Å². The fourth-order valence-electron chi connectivity index (χ4n) is 2.80. The van der Waals surface area contributed by atoms with Gasteiger partial charge >= 0.3 is 11.9 Å². The molecule has 132 valence electrons. The number of ether oxygens (including phenoxy) is 2. The van der Waals surface area contributed by atoms with E-state index in [1.807, 2.05) is 0 Å². The molecule has 6 nitrogen and oxygen atoms in total. The van der Waals surface area contributed by atoms with E-state index >= 15 is 0 Å². The summed E-state index contributed by atoms with van der Waals surface area (Å²) < 4.78 is 9.74. The SMILES string of the molecule is CCN(CC)CC.COC(=O)c1ccc2c(n1)C1(CC1)COC2=O. The van der Waals surface area contributed by atoms with E-state index in [1.54, 1.807) is 6.07 Å². The smallest absolute Gasteiger partial charge is 0.356 e. The maximum Gasteiger partial charge on any atom is 0.356 e. The van der Waals surface area contributed by atoms with Crippen LogP contribution in [0.4, 0.5) is 0 Å². The summed E-state index contributed by atoms with van der Waals surface area (Å²) in [5.74, 6) is -0.844. The summed E-state index contributed by atoms with van der Waals surface area (Å²) in [6.45, 7) is 10.5. The van der Waals surface area contributed by atoms with Crippen LogP contribution >= 0.6 is 0 Å². The minimum absolute atomic E-state index is 0.146. The number of aromatic nitrogens is 1. The number of carbonyl (C=O) groups excluding carboxylic acids is 2. The highest BCUT2D eigenvalue weighted by atomic mass is 16.5. The van der Waals surface area contributed by atoms with Gasteiger partial charge in [-0.15, -0.1) is 0 Å². The van der Waals surface area contributed by atoms with Gasteiger partial charge in [0.15, 0.2) is 0 Å². The van der Waals surface area contributed by atoms with Gasteiger partial charge in [0.05, 0.1) is 18.4 Å². The molecule has 1 saturated carbocycles. The highest BCUT2D eigenvalue weighted by Crippen LogP contribution is 2.50. The van der Waals surface area contributed by atoms with Crippen LogP contribution in [0, 0.1) is 0 Å². The number of hydrogen-bond acceptors (Lipinski definition) is 6. The first-order valence-electron chi connectivity index (χ1n) is 8.50. The fraction of sp³-hybridized carbons (Fsp3) is 0.611. The Labute approximate surface area is 143 Å². The number of methoxy groups -OCH3 is 1. The zero-order valence-corrected chi connectivity index (χ0v) is 14.9. The Balaban J connectivity index is 0.000000256. The van der Waals surface area contributed by atoms with Gasteiger partial charge in [0.2, 0.25) is 0 Å². The molecule has 0 saturated heterocycles. The van der Waals surface area contributed by atoms with Crippen LogP contribution in [-0.4, -0.2) is 55.2 Å². The summed E-state index contributed by atoms with van der Waals surface area (Å²) >= 11 is 0. The molecule has 0 unspecified atom stereocenters. The van der Waals surface area contributed by atoms with Gasteiger partial charge in [0, 0.05) is 5.41 Å². The monoisotopic (exact) mass is 334 g/mol. The van der Waals surface area contributed by atoms with E-state index in [-0.39, 0.29) is 17.1 Å². The van der Waals surface area contributed by atoms with Crippen molar-refractivity contribution in [1.29, 1.82) is 0 Å². The van der Waals surface area contributed by atoms with Crippen molar-refractivity contribution >= 4 is 11.9 Å². The van der Waals surface area contributed by atoms with Crippen molar-refractivity contribution in [3.05, 3.63) is 29.1 Å². The maximum atomic E-state index is 11.6. The molecular weight excluding hydrogens is 308 g/mol. The third kappa shape index (κ3) is 3.75. The molecule has 2 heterocycles. The topological polar surface area (TPSA) is 68.7 Å². The lowest BCUT2D eigenvalue weighted by atomic mass is 9.95. The predicted molar refractivity (Wildman–Crippen MR) is 90.2 cm³/mol. The quantitative estimate of drug-likeness (QED) is 0.788. The van der Waals surface area contributed by atoms with Crippen LogP contribution in [0.25, 0.3) is 0 Å². The molecule has 0 N–H and O–H groups in total. The highest BCUT2D eigenvalue weighted by molar-refractivity contribution is 5.94. The molecular formula is C18H26N2O4. The van der Waals surface area contributed by atoms with Crippen molar-refractivity contribution in [2.45, 2.75) is 39.0 Å². The van der Waals surface area contributed by atoms with Crippen LogP contribution in [-0.2, 0) is 14.9 Å². The second-order valence-corrected chi connectivity index (χ2v) is 6.06. The number of hydrogen-bond donors (Lipinski definition) is 0. The summed E-state index contributed by atoms with van der Waals surface area (Å²) in [4.78, 5) is 29.6. The summed E-state index contributed by atoms with van der Waals surface area (Å²) in [5.41, 5.74) is 1.26. The molecule has 1 aromatic heterocycles. The molecule has 0 amide bonds. The van der Waals surface area contributed by atoms with Crippen molar-refractivity contribution in [3.63, 3.8) is 0 Å². The third-order valence-corrected chi connectivity index (χ3v) is 4.69. The lowest BCUT2D eigenvalue weighted by molar-refractivity contribution is 0.0414. The van der Waals surface area contributed by atoms with Crippen molar-refractivity contribution in [2.75, 3.05) is 33.4 Å². The molecule has 0 radical (unpaired) electrons. The van der Waals surface area contributed by atoms with E-state index in [1.165, 1.54) is 32.8 Å². The van der Waals surface area contributed by atoms with Crippen LogP contribution in [0.1, 0.15) is 60.2 Å². The molecule has 1 aliphatic heterocycles. The van der Waals surface area contributed by atoms with Gasteiger partial charge in [-0.05, 0) is 44.6 Å². The van der Waals surface area contributed by atoms with Crippen LogP contribution in [0.15, 0.2) is 12.1 Å². The Kier molecular flexibility index (Phi) is 5.94. The van der Waals surface area contributed by atoms with Crippen molar-refractivity contribution in [3.8, 4) is 0 Å². The number of rotatable bonds is 4. The Hall–Kier alpha value is -1.95. The molecule has 1 spiro atoms. The standard InChI is InChI=1S/C12H11NO4.C6H15N/c1-16-11(15)8-3-2-7-9(13-8)12(4-5-12)6-17-10(7)14;1-4-7(5-2)6-3/h2-3H,4-6H2,1H3;4-6H2,1-3H3. The molecule has 0 bridgehead atoms. The van der Waals surface area contributed by atoms with E-state index in [9.17, 15) is 9.59 Å². The molecule has 3 rings (SSSR count). The van der Waals surface area contributed by atoms with E-state index in [4.69, 9.17) is 4.74 Å². The van der Waals surface area contributed by atoms with Gasteiger partial charge in [0.25, 0.3) is 0 Å². The molecule has 1 aromatic rings. The summed E-state index contributed by atoms with van der Waals surface area (Å²) in [5, 5.41) is 0. The van der Waals surface area contributed by atoms with Crippen LogP contribution < -0.4 is 0 Å². The summed E-state index contributed by atoms with van der Waals surface area (Å²) in [6.07, 6.45) is 1.90. The number of cyclic esters (lactones) is 1. The number of carbonyl (C=O) groups is 2. The van der Waals surface area contributed by atoms with Gasteiger partial charge in [-0.2, -0.15) is 0 Å². The van der Waals surface area contributed by atoms with Crippen molar-refractivity contribution < 1.29 is 19.1 Å². The number of nitrogens with zero attached hydrogens (tertiary/aromatic N) is 2. The first-order chi connectivity index (χ1) is 11.5. The van der Waals surface area contributed by atoms with Gasteiger partial charge in [-0.25, -0.2) is 14.6 Å². The zero-order valence-electron chi connectivity index (χ0n) is 14.9. The highest BCUT2D eigenvalue weighted by Gasteiger charge is 2.52. The third-order valence-electron chi connectivity index (χ3n) is 4.69. The zero-order chi connectivity index (χ0) is 17.7. The molecule has 0 aromatic carbocycles. The minimum atomic E-state index is -0.484. The Morgan fingerprint density at radius 2 is 1.88 bits per heavy atom. The maximum absolute atomic E-state index is 11.6. The summed E-state index contributed by atoms with van der Waals surface area (Å²) in [7, 11) is 1.31. The average molecular weight is 334 g/mol. The van der Waals surface area contributed by atoms with Crippen molar-refractivity contribution in [2.24, 2.45) is 0 Å². The van der Waals surface area contributed by atoms with Gasteiger partial charge < -0.3 is 14.4 Å². The first kappa shape index (κ1) is 18.4. The number of pyridine rings is 1. The van der Waals surface area contributed by atoms with Gasteiger partial charge in [0.1, 0.15) is 12.3 Å². The average Bonchev–Trinajstić information content (AvgIpc) is 3.40. The van der Waals surface area contributed by atoms with Crippen molar-refractivity contribution in [1.82, 2.24) is 9.88 Å². The predicted octanol–water partition coefficient (Wildman–Crippen LogP) is 2.42. The van der Waals surface area contributed by atoms with E-state index < -0.39 is 5.97 Å². The Bertz CT molecular complexity index is 602. The lowest BCUT2D eigenvalue weighted by Crippen LogP contribution is -2.30. The summed E-state index contributed by atoms with van der Waals surface area (Å²) in [6, 6.07) is 3.09. The molecule has 1 fully saturated rings. The van der Waals surface area contributed by atoms with Crippen LogP contribution in [0.2, 0.25) is 0 Å². The van der Waals surface area contributed by atoms with E-state index in [2.05, 4.69) is 35.4 Å². The Morgan fingerprint density at radius 1 is 1.25 bits per heavy atom. The molecule has 24 heavy (non-hydrogen) atoms. The lowest BCUT2D eigenvalue weighted by Gasteiger charge is -2.23. The van der Waals surface area contributed by atoms with Crippen LogP contribution in [0.5, 0.6) is 0 Å². The molecule has 6 heteroatoms. The first-order valence-corrected chi connectivity index (χ1v) is 8.50.